The first-order valence-electron chi connectivity index (χ1n) is 6.16. The summed E-state index contributed by atoms with van der Waals surface area (Å²) in [7, 11) is 0. The number of alkyl halides is 3. The van der Waals surface area contributed by atoms with Gasteiger partial charge in [-0.25, -0.2) is 0 Å². The summed E-state index contributed by atoms with van der Waals surface area (Å²) in [6.07, 6.45) is -3.70. The van der Waals surface area contributed by atoms with E-state index in [4.69, 9.17) is 0 Å². The maximum atomic E-state index is 12.3. The molecule has 1 aromatic heterocycles. The Morgan fingerprint density at radius 3 is 2.30 bits per heavy atom. The van der Waals surface area contributed by atoms with E-state index in [2.05, 4.69) is 15.5 Å². The van der Waals surface area contributed by atoms with E-state index >= 15 is 0 Å². The van der Waals surface area contributed by atoms with Gasteiger partial charge in [0, 0.05) is 6.04 Å². The first-order chi connectivity index (χ1) is 9.45. The highest BCUT2D eigenvalue weighted by Gasteiger charge is 2.32. The molecule has 0 spiro atoms. The molecule has 1 aromatic carbocycles. The molecule has 1 heterocycles. The molecule has 3 nitrogen and oxygen atoms in total. The van der Waals surface area contributed by atoms with Crippen LogP contribution < -0.4 is 5.32 Å². The minimum Gasteiger partial charge on any atom is -0.366 e. The molecule has 0 amide bonds. The van der Waals surface area contributed by atoms with E-state index < -0.39 is 11.9 Å². The van der Waals surface area contributed by atoms with Crippen LogP contribution in [0.1, 0.15) is 18.2 Å². The second-order valence-electron chi connectivity index (χ2n) is 4.54. The molecule has 0 fully saturated rings. The molecular weight excluding hydrogens is 267 g/mol. The number of aromatic nitrogens is 2. The zero-order valence-corrected chi connectivity index (χ0v) is 10.9. The highest BCUT2D eigenvalue weighted by molar-refractivity contribution is 5.35. The lowest BCUT2D eigenvalue weighted by molar-refractivity contribution is -0.141. The third-order valence-electron chi connectivity index (χ3n) is 2.73. The molecule has 1 N–H and O–H groups in total. The van der Waals surface area contributed by atoms with Crippen molar-refractivity contribution in [2.75, 3.05) is 5.32 Å². The molecule has 0 saturated carbocycles. The normalized spacial score (nSPS) is 13.0. The van der Waals surface area contributed by atoms with Crippen LogP contribution in [0.25, 0.3) is 0 Å². The molecule has 0 aliphatic carbocycles. The Balaban J connectivity index is 1.96. The van der Waals surface area contributed by atoms with Gasteiger partial charge in [-0.05, 0) is 31.0 Å². The van der Waals surface area contributed by atoms with Crippen molar-refractivity contribution in [2.24, 2.45) is 0 Å². The maximum Gasteiger partial charge on any atom is 0.435 e. The fourth-order valence-electron chi connectivity index (χ4n) is 1.83. The minimum absolute atomic E-state index is 0.0448. The molecule has 1 unspecified atom stereocenters. The number of rotatable bonds is 4. The summed E-state index contributed by atoms with van der Waals surface area (Å²) in [5, 5.41) is 9.75. The Morgan fingerprint density at radius 2 is 1.75 bits per heavy atom. The van der Waals surface area contributed by atoms with Crippen LogP contribution in [0, 0.1) is 0 Å². The molecule has 0 saturated heterocycles. The standard InChI is InChI=1S/C14H14F3N3/c1-10(9-11-5-3-2-4-6-11)18-13-8-7-12(19-20-13)14(15,16)17/h2-8,10H,9H2,1H3,(H,18,20). The number of anilines is 1. The summed E-state index contributed by atoms with van der Waals surface area (Å²) in [6.45, 7) is 1.94. The van der Waals surface area contributed by atoms with Crippen molar-refractivity contribution in [3.8, 4) is 0 Å². The van der Waals surface area contributed by atoms with Crippen LogP contribution in [-0.2, 0) is 12.6 Å². The third kappa shape index (κ3) is 3.94. The lowest BCUT2D eigenvalue weighted by atomic mass is 10.1. The van der Waals surface area contributed by atoms with Crippen LogP contribution in [0.15, 0.2) is 42.5 Å². The summed E-state index contributed by atoms with van der Waals surface area (Å²) >= 11 is 0. The summed E-state index contributed by atoms with van der Waals surface area (Å²) in [5.74, 6) is 0.335. The zero-order chi connectivity index (χ0) is 14.6. The van der Waals surface area contributed by atoms with E-state index in [9.17, 15) is 13.2 Å². The fraction of sp³-hybridized carbons (Fsp3) is 0.286. The highest BCUT2D eigenvalue weighted by atomic mass is 19.4. The van der Waals surface area contributed by atoms with Crippen molar-refractivity contribution in [3.63, 3.8) is 0 Å². The lowest BCUT2D eigenvalue weighted by Crippen LogP contribution is -2.19. The largest absolute Gasteiger partial charge is 0.435 e. The van der Waals surface area contributed by atoms with E-state index in [1.54, 1.807) is 0 Å². The van der Waals surface area contributed by atoms with Crippen LogP contribution in [0.3, 0.4) is 0 Å². The average Bonchev–Trinajstić information content (AvgIpc) is 2.39. The topological polar surface area (TPSA) is 37.8 Å². The number of benzene rings is 1. The van der Waals surface area contributed by atoms with Crippen LogP contribution in [0.5, 0.6) is 0 Å². The van der Waals surface area contributed by atoms with Gasteiger partial charge >= 0.3 is 6.18 Å². The molecule has 2 rings (SSSR count). The number of halogens is 3. The Hall–Kier alpha value is -2.11. The summed E-state index contributed by atoms with van der Waals surface area (Å²) in [6, 6.07) is 12.1. The molecule has 20 heavy (non-hydrogen) atoms. The smallest absolute Gasteiger partial charge is 0.366 e. The van der Waals surface area contributed by atoms with Gasteiger partial charge in [-0.1, -0.05) is 30.3 Å². The van der Waals surface area contributed by atoms with Crippen molar-refractivity contribution >= 4 is 5.82 Å². The van der Waals surface area contributed by atoms with E-state index in [0.29, 0.717) is 5.82 Å². The first-order valence-corrected chi connectivity index (χ1v) is 6.16. The van der Waals surface area contributed by atoms with Crippen LogP contribution in [0.2, 0.25) is 0 Å². The average molecular weight is 281 g/mol. The number of nitrogens with zero attached hydrogens (tertiary/aromatic N) is 2. The van der Waals surface area contributed by atoms with Gasteiger partial charge in [-0.3, -0.25) is 0 Å². The van der Waals surface area contributed by atoms with Gasteiger partial charge in [0.1, 0.15) is 5.82 Å². The van der Waals surface area contributed by atoms with Gasteiger partial charge in [-0.2, -0.15) is 13.2 Å². The Kier molecular flexibility index (Phi) is 4.22. The lowest BCUT2D eigenvalue weighted by Gasteiger charge is -2.14. The molecule has 1 atom stereocenters. The molecule has 2 aromatic rings. The Bertz CT molecular complexity index is 538. The maximum absolute atomic E-state index is 12.3. The van der Waals surface area contributed by atoms with E-state index in [0.717, 1.165) is 18.1 Å². The molecule has 0 bridgehead atoms. The molecule has 106 valence electrons. The second-order valence-corrected chi connectivity index (χ2v) is 4.54. The number of hydrogen-bond donors (Lipinski definition) is 1. The van der Waals surface area contributed by atoms with E-state index in [1.807, 2.05) is 37.3 Å². The molecule has 6 heteroatoms. The van der Waals surface area contributed by atoms with E-state index in [-0.39, 0.29) is 6.04 Å². The molecular formula is C14H14F3N3. The van der Waals surface area contributed by atoms with Crippen molar-refractivity contribution < 1.29 is 13.2 Å². The number of hydrogen-bond acceptors (Lipinski definition) is 3. The monoisotopic (exact) mass is 281 g/mol. The van der Waals surface area contributed by atoms with Crippen molar-refractivity contribution in [1.29, 1.82) is 0 Å². The summed E-state index contributed by atoms with van der Waals surface area (Å²) in [4.78, 5) is 0. The SMILES string of the molecule is CC(Cc1ccccc1)Nc1ccc(C(F)(F)F)nn1. The second kappa shape index (κ2) is 5.90. The quantitative estimate of drug-likeness (QED) is 0.931. The van der Waals surface area contributed by atoms with Gasteiger partial charge in [-0.15, -0.1) is 10.2 Å². The minimum atomic E-state index is -4.46. The van der Waals surface area contributed by atoms with Gasteiger partial charge in [0.2, 0.25) is 0 Å². The van der Waals surface area contributed by atoms with Crippen molar-refractivity contribution in [3.05, 3.63) is 53.7 Å². The Morgan fingerprint density at radius 1 is 1.05 bits per heavy atom. The molecule has 0 aliphatic rings. The first kappa shape index (κ1) is 14.3. The predicted molar refractivity (Wildman–Crippen MR) is 70.3 cm³/mol. The van der Waals surface area contributed by atoms with Crippen molar-refractivity contribution in [2.45, 2.75) is 25.6 Å². The van der Waals surface area contributed by atoms with Gasteiger partial charge in [0.05, 0.1) is 0 Å². The van der Waals surface area contributed by atoms with Gasteiger partial charge in [0.25, 0.3) is 0 Å². The van der Waals surface area contributed by atoms with Gasteiger partial charge in [0.15, 0.2) is 5.69 Å². The fourth-order valence-corrected chi connectivity index (χ4v) is 1.83. The van der Waals surface area contributed by atoms with Crippen LogP contribution in [-0.4, -0.2) is 16.2 Å². The van der Waals surface area contributed by atoms with E-state index in [1.165, 1.54) is 6.07 Å². The highest BCUT2D eigenvalue weighted by Crippen LogP contribution is 2.27. The zero-order valence-electron chi connectivity index (χ0n) is 10.9. The Labute approximate surface area is 114 Å². The van der Waals surface area contributed by atoms with Crippen LogP contribution >= 0.6 is 0 Å². The summed E-state index contributed by atoms with van der Waals surface area (Å²) < 4.78 is 37.0. The van der Waals surface area contributed by atoms with Crippen molar-refractivity contribution in [1.82, 2.24) is 10.2 Å². The molecule has 0 radical (unpaired) electrons. The third-order valence-corrected chi connectivity index (χ3v) is 2.73. The number of nitrogens with one attached hydrogen (secondary N) is 1. The molecule has 0 aliphatic heterocycles. The van der Waals surface area contributed by atoms with Gasteiger partial charge < -0.3 is 5.32 Å². The summed E-state index contributed by atoms with van der Waals surface area (Å²) in [5.41, 5.74) is 0.158. The predicted octanol–water partition coefficient (Wildman–Crippen LogP) is 3.54. The van der Waals surface area contributed by atoms with Crippen LogP contribution in [0.4, 0.5) is 19.0 Å².